The molecule has 3 heterocycles. The molecule has 6 nitrogen and oxygen atoms in total. The van der Waals surface area contributed by atoms with Gasteiger partial charge in [-0.2, -0.15) is 18.3 Å². The van der Waals surface area contributed by atoms with E-state index in [2.05, 4.69) is 20.3 Å². The maximum absolute atomic E-state index is 12.2. The van der Waals surface area contributed by atoms with E-state index in [-0.39, 0.29) is 12.1 Å². The van der Waals surface area contributed by atoms with E-state index in [4.69, 9.17) is 0 Å². The van der Waals surface area contributed by atoms with Crippen molar-refractivity contribution in [2.45, 2.75) is 38.4 Å². The van der Waals surface area contributed by atoms with Crippen LogP contribution in [0.1, 0.15) is 36.0 Å². The van der Waals surface area contributed by atoms with Crippen molar-refractivity contribution in [2.75, 3.05) is 23.3 Å². The highest BCUT2D eigenvalue weighted by Crippen LogP contribution is 2.21. The van der Waals surface area contributed by atoms with E-state index in [1.807, 2.05) is 6.07 Å². The zero-order chi connectivity index (χ0) is 18.6. The first-order valence-corrected chi connectivity index (χ1v) is 8.52. The smallest absolute Gasteiger partial charge is 0.370 e. The molecule has 0 radical (unpaired) electrons. The van der Waals surface area contributed by atoms with Crippen molar-refractivity contribution in [1.82, 2.24) is 14.8 Å². The number of aromatic nitrogens is 3. The van der Waals surface area contributed by atoms with Gasteiger partial charge in [0.25, 0.3) is 5.91 Å². The number of carbonyl (C=O) groups is 1. The Morgan fingerprint density at radius 3 is 2.58 bits per heavy atom. The number of aryl methyl sites for hydroxylation is 1. The maximum atomic E-state index is 12.2. The van der Waals surface area contributed by atoms with Gasteiger partial charge < -0.3 is 10.2 Å². The van der Waals surface area contributed by atoms with E-state index >= 15 is 0 Å². The van der Waals surface area contributed by atoms with E-state index in [9.17, 15) is 18.0 Å². The molecule has 9 heteroatoms. The molecule has 3 rings (SSSR count). The number of piperidine rings is 1. The molecule has 140 valence electrons. The van der Waals surface area contributed by atoms with E-state index in [0.717, 1.165) is 36.3 Å². The molecule has 0 spiro atoms. The van der Waals surface area contributed by atoms with Crippen LogP contribution in [0.3, 0.4) is 0 Å². The van der Waals surface area contributed by atoms with Gasteiger partial charge in [0.1, 0.15) is 5.82 Å². The molecule has 1 amide bonds. The van der Waals surface area contributed by atoms with Crippen LogP contribution in [-0.4, -0.2) is 39.9 Å². The molecule has 1 aliphatic rings. The Hall–Kier alpha value is -2.58. The number of rotatable bonds is 5. The predicted molar refractivity (Wildman–Crippen MR) is 91.2 cm³/mol. The standard InChI is InChI=1S/C17H20F3N5O/c18-17(19,20)6-9-25-12-13(10-22-25)16(26)23-15-5-4-14(11-21-15)24-7-2-1-3-8-24/h4-5,10-12H,1-3,6-9H2,(H,21,23,26). The average Bonchev–Trinajstić information content (AvgIpc) is 3.10. The summed E-state index contributed by atoms with van der Waals surface area (Å²) in [4.78, 5) is 18.7. The Morgan fingerprint density at radius 1 is 1.15 bits per heavy atom. The molecule has 26 heavy (non-hydrogen) atoms. The van der Waals surface area contributed by atoms with E-state index in [0.29, 0.717) is 5.82 Å². The summed E-state index contributed by atoms with van der Waals surface area (Å²) < 4.78 is 37.8. The lowest BCUT2D eigenvalue weighted by molar-refractivity contribution is -0.137. The average molecular weight is 367 g/mol. The Labute approximate surface area is 149 Å². The van der Waals surface area contributed by atoms with Crippen LogP contribution in [0.15, 0.2) is 30.7 Å². The summed E-state index contributed by atoms with van der Waals surface area (Å²) in [6.07, 6.45) is 2.58. The first kappa shape index (κ1) is 18.2. The van der Waals surface area contributed by atoms with Gasteiger partial charge in [0, 0.05) is 25.8 Å². The number of halogens is 3. The predicted octanol–water partition coefficient (Wildman–Crippen LogP) is 3.47. The maximum Gasteiger partial charge on any atom is 0.390 e. The fourth-order valence-corrected chi connectivity index (χ4v) is 2.83. The quantitative estimate of drug-likeness (QED) is 0.879. The lowest BCUT2D eigenvalue weighted by Gasteiger charge is -2.28. The van der Waals surface area contributed by atoms with Gasteiger partial charge >= 0.3 is 6.18 Å². The number of carbonyl (C=O) groups excluding carboxylic acids is 1. The Balaban J connectivity index is 1.57. The Morgan fingerprint density at radius 2 is 1.92 bits per heavy atom. The zero-order valence-electron chi connectivity index (χ0n) is 14.2. The second kappa shape index (κ2) is 7.76. The number of amides is 1. The minimum atomic E-state index is -4.26. The monoisotopic (exact) mass is 367 g/mol. The van der Waals surface area contributed by atoms with Gasteiger partial charge in [-0.15, -0.1) is 0 Å². The topological polar surface area (TPSA) is 63.1 Å². The van der Waals surface area contributed by atoms with Crippen molar-refractivity contribution >= 4 is 17.4 Å². The van der Waals surface area contributed by atoms with Crippen molar-refractivity contribution in [3.63, 3.8) is 0 Å². The van der Waals surface area contributed by atoms with Gasteiger partial charge in [-0.25, -0.2) is 4.98 Å². The Bertz CT molecular complexity index is 736. The van der Waals surface area contributed by atoms with Gasteiger partial charge in [0.15, 0.2) is 0 Å². The Kier molecular flexibility index (Phi) is 5.43. The third kappa shape index (κ3) is 4.96. The van der Waals surface area contributed by atoms with Crippen molar-refractivity contribution in [3.8, 4) is 0 Å². The second-order valence-corrected chi connectivity index (χ2v) is 6.26. The minimum Gasteiger partial charge on any atom is -0.370 e. The highest BCUT2D eigenvalue weighted by atomic mass is 19.4. The van der Waals surface area contributed by atoms with Crippen LogP contribution in [0.5, 0.6) is 0 Å². The molecule has 0 aromatic carbocycles. The van der Waals surface area contributed by atoms with Crippen LogP contribution < -0.4 is 10.2 Å². The van der Waals surface area contributed by atoms with Crippen LogP contribution in [0.4, 0.5) is 24.7 Å². The zero-order valence-corrected chi connectivity index (χ0v) is 14.2. The number of anilines is 2. The van der Waals surface area contributed by atoms with Crippen molar-refractivity contribution in [2.24, 2.45) is 0 Å². The summed E-state index contributed by atoms with van der Waals surface area (Å²) in [5.74, 6) is -0.0692. The lowest BCUT2D eigenvalue weighted by Crippen LogP contribution is -2.29. The highest BCUT2D eigenvalue weighted by molar-refractivity contribution is 6.03. The van der Waals surface area contributed by atoms with Gasteiger partial charge in [-0.3, -0.25) is 9.48 Å². The first-order valence-electron chi connectivity index (χ1n) is 8.52. The summed E-state index contributed by atoms with van der Waals surface area (Å²) in [6.45, 7) is 1.69. The summed E-state index contributed by atoms with van der Waals surface area (Å²) in [6, 6.07) is 3.62. The molecule has 0 unspecified atom stereocenters. The number of hydrogen-bond donors (Lipinski definition) is 1. The van der Waals surface area contributed by atoms with E-state index in [1.165, 1.54) is 18.8 Å². The molecule has 0 atom stereocenters. The molecular weight excluding hydrogens is 347 g/mol. The molecule has 0 aliphatic carbocycles. The van der Waals surface area contributed by atoms with Crippen LogP contribution in [0.25, 0.3) is 0 Å². The van der Waals surface area contributed by atoms with Crippen LogP contribution >= 0.6 is 0 Å². The van der Waals surface area contributed by atoms with E-state index < -0.39 is 18.5 Å². The SMILES string of the molecule is O=C(Nc1ccc(N2CCCCC2)cn1)c1cnn(CCC(F)(F)F)c1. The van der Waals surface area contributed by atoms with Gasteiger partial charge in [0.05, 0.1) is 30.1 Å². The van der Waals surface area contributed by atoms with Crippen LogP contribution in [-0.2, 0) is 6.54 Å². The van der Waals surface area contributed by atoms with Crippen molar-refractivity contribution in [3.05, 3.63) is 36.3 Å². The molecule has 2 aromatic heterocycles. The molecular formula is C17H20F3N5O. The fraction of sp³-hybridized carbons (Fsp3) is 0.471. The summed E-state index contributed by atoms with van der Waals surface area (Å²) in [5, 5.41) is 6.42. The molecule has 2 aromatic rings. The van der Waals surface area contributed by atoms with Gasteiger partial charge in [0.2, 0.25) is 0 Å². The molecule has 0 bridgehead atoms. The summed E-state index contributed by atoms with van der Waals surface area (Å²) in [7, 11) is 0. The first-order chi connectivity index (χ1) is 12.4. The molecule has 1 fully saturated rings. The fourth-order valence-electron chi connectivity index (χ4n) is 2.83. The normalized spacial score (nSPS) is 15.1. The molecule has 0 saturated carbocycles. The number of nitrogens with one attached hydrogen (secondary N) is 1. The highest BCUT2D eigenvalue weighted by Gasteiger charge is 2.27. The molecule has 1 saturated heterocycles. The van der Waals surface area contributed by atoms with E-state index in [1.54, 1.807) is 12.3 Å². The number of hydrogen-bond acceptors (Lipinski definition) is 4. The second-order valence-electron chi connectivity index (χ2n) is 6.26. The van der Waals surface area contributed by atoms with Gasteiger partial charge in [-0.1, -0.05) is 0 Å². The van der Waals surface area contributed by atoms with Crippen LogP contribution in [0.2, 0.25) is 0 Å². The summed E-state index contributed by atoms with van der Waals surface area (Å²) in [5.41, 5.74) is 1.21. The number of alkyl halides is 3. The minimum absolute atomic E-state index is 0.189. The molecule has 1 aliphatic heterocycles. The largest absolute Gasteiger partial charge is 0.390 e. The van der Waals surface area contributed by atoms with Crippen LogP contribution in [0, 0.1) is 0 Å². The lowest BCUT2D eigenvalue weighted by atomic mass is 10.1. The van der Waals surface area contributed by atoms with Crippen molar-refractivity contribution in [1.29, 1.82) is 0 Å². The summed E-state index contributed by atoms with van der Waals surface area (Å²) >= 11 is 0. The number of nitrogens with zero attached hydrogens (tertiary/aromatic N) is 4. The van der Waals surface area contributed by atoms with Crippen molar-refractivity contribution < 1.29 is 18.0 Å². The van der Waals surface area contributed by atoms with Gasteiger partial charge in [-0.05, 0) is 31.4 Å². The third-order valence-corrected chi connectivity index (χ3v) is 4.23. The number of pyridine rings is 1. The third-order valence-electron chi connectivity index (χ3n) is 4.23. The molecule has 1 N–H and O–H groups in total.